The lowest BCUT2D eigenvalue weighted by atomic mass is 9.85. The highest BCUT2D eigenvalue weighted by Crippen LogP contribution is 2.30. The largest absolute Gasteiger partial charge is 0.389 e. The van der Waals surface area contributed by atoms with E-state index < -0.39 is 0 Å². The molecule has 0 aliphatic heterocycles. The van der Waals surface area contributed by atoms with Crippen molar-refractivity contribution >= 4 is 0 Å². The van der Waals surface area contributed by atoms with Gasteiger partial charge in [0.1, 0.15) is 0 Å². The summed E-state index contributed by atoms with van der Waals surface area (Å²) in [6.45, 7) is 4.29. The molecule has 0 radical (unpaired) electrons. The molecule has 2 aliphatic carbocycles. The molecule has 0 aromatic heterocycles. The predicted molar refractivity (Wildman–Crippen MR) is 67.4 cm³/mol. The summed E-state index contributed by atoms with van der Waals surface area (Å²) in [6, 6.07) is 0. The summed E-state index contributed by atoms with van der Waals surface area (Å²) < 4.78 is 0. The molecule has 0 amide bonds. The zero-order valence-electron chi connectivity index (χ0n) is 10.7. The fraction of sp³-hybridized carbons (Fsp3) is 1.00. The SMILES string of the molecule is CC1CCC(CNCC2(O)CCCCC2)C1. The minimum Gasteiger partial charge on any atom is -0.389 e. The van der Waals surface area contributed by atoms with Crippen LogP contribution in [-0.2, 0) is 0 Å². The van der Waals surface area contributed by atoms with E-state index in [9.17, 15) is 5.11 Å². The van der Waals surface area contributed by atoms with Crippen molar-refractivity contribution in [2.45, 2.75) is 63.9 Å². The molecule has 0 aromatic carbocycles. The van der Waals surface area contributed by atoms with Crippen LogP contribution in [0.25, 0.3) is 0 Å². The Morgan fingerprint density at radius 2 is 1.94 bits per heavy atom. The minimum absolute atomic E-state index is 0.386. The van der Waals surface area contributed by atoms with Crippen molar-refractivity contribution in [3.8, 4) is 0 Å². The number of hydrogen-bond acceptors (Lipinski definition) is 2. The Balaban J connectivity index is 1.63. The van der Waals surface area contributed by atoms with E-state index in [1.807, 2.05) is 0 Å². The summed E-state index contributed by atoms with van der Waals surface area (Å²) in [5, 5.41) is 13.8. The first kappa shape index (κ1) is 12.4. The standard InChI is InChI=1S/C14H27NO/c1-12-5-6-13(9-12)10-15-11-14(16)7-3-2-4-8-14/h12-13,15-16H,2-11H2,1H3. The van der Waals surface area contributed by atoms with Crippen LogP contribution in [0.3, 0.4) is 0 Å². The van der Waals surface area contributed by atoms with Crippen molar-refractivity contribution in [3.05, 3.63) is 0 Å². The van der Waals surface area contributed by atoms with Crippen molar-refractivity contribution in [2.75, 3.05) is 13.1 Å². The molecule has 2 heteroatoms. The van der Waals surface area contributed by atoms with Crippen molar-refractivity contribution in [1.29, 1.82) is 0 Å². The van der Waals surface area contributed by atoms with Crippen LogP contribution < -0.4 is 5.32 Å². The first-order chi connectivity index (χ1) is 7.68. The normalized spacial score (nSPS) is 34.1. The number of hydrogen-bond donors (Lipinski definition) is 2. The Morgan fingerprint density at radius 1 is 1.19 bits per heavy atom. The van der Waals surface area contributed by atoms with Crippen LogP contribution >= 0.6 is 0 Å². The monoisotopic (exact) mass is 225 g/mol. The van der Waals surface area contributed by atoms with E-state index in [2.05, 4.69) is 12.2 Å². The lowest BCUT2D eigenvalue weighted by molar-refractivity contribution is 0.00436. The van der Waals surface area contributed by atoms with Crippen molar-refractivity contribution in [3.63, 3.8) is 0 Å². The van der Waals surface area contributed by atoms with Crippen LogP contribution in [0.15, 0.2) is 0 Å². The van der Waals surface area contributed by atoms with Crippen LogP contribution in [0.4, 0.5) is 0 Å². The molecule has 0 heterocycles. The fourth-order valence-electron chi connectivity index (χ4n) is 3.41. The fourth-order valence-corrected chi connectivity index (χ4v) is 3.41. The predicted octanol–water partition coefficient (Wildman–Crippen LogP) is 2.71. The van der Waals surface area contributed by atoms with Crippen molar-refractivity contribution < 1.29 is 5.11 Å². The summed E-state index contributed by atoms with van der Waals surface area (Å²) in [6.07, 6.45) is 9.89. The Labute approximate surface area is 99.8 Å². The smallest absolute Gasteiger partial charge is 0.0771 e. The molecule has 2 saturated carbocycles. The maximum absolute atomic E-state index is 10.3. The maximum atomic E-state index is 10.3. The Bertz CT molecular complexity index is 211. The molecule has 2 aliphatic rings. The zero-order chi connectivity index (χ0) is 11.4. The van der Waals surface area contributed by atoms with Crippen molar-refractivity contribution in [2.24, 2.45) is 11.8 Å². The Kier molecular flexibility index (Phi) is 4.26. The van der Waals surface area contributed by atoms with E-state index >= 15 is 0 Å². The molecule has 0 aromatic rings. The average molecular weight is 225 g/mol. The van der Waals surface area contributed by atoms with E-state index in [0.29, 0.717) is 0 Å². The van der Waals surface area contributed by atoms with Gasteiger partial charge in [0.15, 0.2) is 0 Å². The summed E-state index contributed by atoms with van der Waals surface area (Å²) in [4.78, 5) is 0. The molecule has 2 N–H and O–H groups in total. The van der Waals surface area contributed by atoms with Gasteiger partial charge in [-0.05, 0) is 44.1 Å². The second-order valence-electron chi connectivity index (χ2n) is 6.20. The first-order valence-electron chi connectivity index (χ1n) is 7.11. The minimum atomic E-state index is -0.386. The average Bonchev–Trinajstić information content (AvgIpc) is 2.65. The topological polar surface area (TPSA) is 32.3 Å². The molecule has 2 fully saturated rings. The third kappa shape index (κ3) is 3.46. The van der Waals surface area contributed by atoms with E-state index in [4.69, 9.17) is 0 Å². The van der Waals surface area contributed by atoms with Gasteiger partial charge >= 0.3 is 0 Å². The highest BCUT2D eigenvalue weighted by Gasteiger charge is 2.29. The number of nitrogens with one attached hydrogen (secondary N) is 1. The quantitative estimate of drug-likeness (QED) is 0.771. The Hall–Kier alpha value is -0.0800. The molecule has 0 bridgehead atoms. The van der Waals surface area contributed by atoms with Gasteiger partial charge in [0.25, 0.3) is 0 Å². The lowest BCUT2D eigenvalue weighted by Crippen LogP contribution is -2.43. The van der Waals surface area contributed by atoms with Gasteiger partial charge in [0, 0.05) is 6.54 Å². The molecule has 2 unspecified atom stereocenters. The van der Waals surface area contributed by atoms with E-state index in [1.54, 1.807) is 0 Å². The van der Waals surface area contributed by atoms with Gasteiger partial charge in [-0.2, -0.15) is 0 Å². The highest BCUT2D eigenvalue weighted by atomic mass is 16.3. The summed E-state index contributed by atoms with van der Waals surface area (Å²) >= 11 is 0. The van der Waals surface area contributed by atoms with Crippen LogP contribution in [0.2, 0.25) is 0 Å². The van der Waals surface area contributed by atoms with Crippen LogP contribution in [0.1, 0.15) is 58.3 Å². The van der Waals surface area contributed by atoms with E-state index in [0.717, 1.165) is 37.8 Å². The molecular formula is C14H27NO. The van der Waals surface area contributed by atoms with Crippen LogP contribution in [0.5, 0.6) is 0 Å². The number of rotatable bonds is 4. The van der Waals surface area contributed by atoms with Crippen molar-refractivity contribution in [1.82, 2.24) is 5.32 Å². The molecule has 2 rings (SSSR count). The summed E-state index contributed by atoms with van der Waals surface area (Å²) in [7, 11) is 0. The van der Waals surface area contributed by atoms with Gasteiger partial charge in [-0.3, -0.25) is 0 Å². The van der Waals surface area contributed by atoms with Crippen LogP contribution in [0, 0.1) is 11.8 Å². The molecule has 0 saturated heterocycles. The summed E-state index contributed by atoms with van der Waals surface area (Å²) in [5.74, 6) is 1.78. The van der Waals surface area contributed by atoms with Gasteiger partial charge in [-0.1, -0.05) is 32.6 Å². The molecule has 2 atom stereocenters. The van der Waals surface area contributed by atoms with E-state index in [1.165, 1.54) is 38.5 Å². The van der Waals surface area contributed by atoms with Gasteiger partial charge < -0.3 is 10.4 Å². The second-order valence-corrected chi connectivity index (χ2v) is 6.20. The lowest BCUT2D eigenvalue weighted by Gasteiger charge is -2.32. The highest BCUT2D eigenvalue weighted by molar-refractivity contribution is 4.85. The summed E-state index contributed by atoms with van der Waals surface area (Å²) in [5.41, 5.74) is -0.386. The molecule has 2 nitrogen and oxygen atoms in total. The zero-order valence-corrected chi connectivity index (χ0v) is 10.7. The maximum Gasteiger partial charge on any atom is 0.0771 e. The van der Waals surface area contributed by atoms with E-state index in [-0.39, 0.29) is 5.60 Å². The van der Waals surface area contributed by atoms with Gasteiger partial charge in [-0.25, -0.2) is 0 Å². The third-order valence-corrected chi connectivity index (χ3v) is 4.47. The Morgan fingerprint density at radius 3 is 2.56 bits per heavy atom. The molecular weight excluding hydrogens is 198 g/mol. The van der Waals surface area contributed by atoms with Gasteiger partial charge in [0.2, 0.25) is 0 Å². The number of aliphatic hydroxyl groups is 1. The molecule has 16 heavy (non-hydrogen) atoms. The first-order valence-corrected chi connectivity index (χ1v) is 7.11. The van der Waals surface area contributed by atoms with Gasteiger partial charge in [0.05, 0.1) is 5.60 Å². The van der Waals surface area contributed by atoms with Crippen LogP contribution in [-0.4, -0.2) is 23.8 Å². The molecule has 0 spiro atoms. The second kappa shape index (κ2) is 5.50. The third-order valence-electron chi connectivity index (χ3n) is 4.47. The van der Waals surface area contributed by atoms with Gasteiger partial charge in [-0.15, -0.1) is 0 Å². The molecule has 94 valence electrons.